The molecule has 5 heteroatoms. The van der Waals surface area contributed by atoms with E-state index < -0.39 is 11.4 Å². The first-order valence-electron chi connectivity index (χ1n) is 5.59. The number of rotatable bonds is 8. The average Bonchev–Trinajstić information content (AvgIpc) is 2.73. The van der Waals surface area contributed by atoms with Crippen LogP contribution in [-0.2, 0) is 19.0 Å². The largest absolute Gasteiger partial charge is 0.481 e. The second kappa shape index (κ2) is 6.83. The zero-order valence-corrected chi connectivity index (χ0v) is 9.74. The third kappa shape index (κ3) is 3.73. The Bertz CT molecular complexity index is 210. The first-order valence-corrected chi connectivity index (χ1v) is 5.59. The van der Waals surface area contributed by atoms with Crippen LogP contribution in [0, 0.1) is 5.41 Å². The summed E-state index contributed by atoms with van der Waals surface area (Å²) >= 11 is 0. The van der Waals surface area contributed by atoms with E-state index in [2.05, 4.69) is 0 Å². The third-order valence-electron chi connectivity index (χ3n) is 2.92. The van der Waals surface area contributed by atoms with Crippen molar-refractivity contribution in [1.82, 2.24) is 0 Å². The van der Waals surface area contributed by atoms with Gasteiger partial charge >= 0.3 is 5.97 Å². The third-order valence-corrected chi connectivity index (χ3v) is 2.92. The fourth-order valence-corrected chi connectivity index (χ4v) is 1.75. The predicted octanol–water partition coefficient (Wildman–Crippen LogP) is 0.921. The van der Waals surface area contributed by atoms with Crippen LogP contribution in [0.4, 0.5) is 0 Å². The van der Waals surface area contributed by atoms with Crippen LogP contribution in [0.15, 0.2) is 0 Å². The van der Waals surface area contributed by atoms with Crippen LogP contribution in [0.5, 0.6) is 0 Å². The Hall–Kier alpha value is -0.650. The standard InChI is InChI=1S/C11H20O5/c1-14-5-2-6-15-7-3-11(10(12)13)4-8-16-9-11/h2-9H2,1H3,(H,12,13). The lowest BCUT2D eigenvalue weighted by Gasteiger charge is -2.21. The molecule has 0 aromatic carbocycles. The molecule has 0 aromatic heterocycles. The lowest BCUT2D eigenvalue weighted by atomic mass is 9.84. The fraction of sp³-hybridized carbons (Fsp3) is 0.909. The van der Waals surface area contributed by atoms with E-state index in [9.17, 15) is 4.79 Å². The summed E-state index contributed by atoms with van der Waals surface area (Å²) in [6.45, 7) is 2.61. The molecule has 0 aromatic rings. The minimum atomic E-state index is -0.773. The van der Waals surface area contributed by atoms with Crippen molar-refractivity contribution in [2.24, 2.45) is 5.41 Å². The monoisotopic (exact) mass is 232 g/mol. The molecule has 0 saturated carbocycles. The molecule has 1 N–H and O–H groups in total. The van der Waals surface area contributed by atoms with E-state index in [-0.39, 0.29) is 0 Å². The summed E-state index contributed by atoms with van der Waals surface area (Å²) in [5.41, 5.74) is -0.721. The summed E-state index contributed by atoms with van der Waals surface area (Å²) in [4.78, 5) is 11.1. The van der Waals surface area contributed by atoms with Crippen LogP contribution < -0.4 is 0 Å². The lowest BCUT2D eigenvalue weighted by Crippen LogP contribution is -2.32. The van der Waals surface area contributed by atoms with E-state index >= 15 is 0 Å². The second-order valence-electron chi connectivity index (χ2n) is 4.10. The van der Waals surface area contributed by atoms with Gasteiger partial charge in [0.2, 0.25) is 0 Å². The first kappa shape index (κ1) is 13.4. The molecule has 0 spiro atoms. The number of hydrogen-bond acceptors (Lipinski definition) is 4. The smallest absolute Gasteiger partial charge is 0.312 e. The Labute approximate surface area is 95.7 Å². The van der Waals surface area contributed by atoms with Gasteiger partial charge in [-0.3, -0.25) is 4.79 Å². The quantitative estimate of drug-likeness (QED) is 0.630. The number of methoxy groups -OCH3 is 1. The number of ether oxygens (including phenoxy) is 3. The van der Waals surface area contributed by atoms with Gasteiger partial charge in [-0.25, -0.2) is 0 Å². The maximum atomic E-state index is 11.1. The molecule has 1 rings (SSSR count). The van der Waals surface area contributed by atoms with Crippen molar-refractivity contribution in [3.63, 3.8) is 0 Å². The lowest BCUT2D eigenvalue weighted by molar-refractivity contribution is -0.150. The molecule has 1 atom stereocenters. The van der Waals surface area contributed by atoms with Gasteiger partial charge in [0.1, 0.15) is 0 Å². The number of aliphatic carboxylic acids is 1. The van der Waals surface area contributed by atoms with Crippen molar-refractivity contribution >= 4 is 5.97 Å². The SMILES string of the molecule is COCCCOCCC1(C(=O)O)CCOC1. The summed E-state index contributed by atoms with van der Waals surface area (Å²) < 4.78 is 15.4. The minimum Gasteiger partial charge on any atom is -0.481 e. The van der Waals surface area contributed by atoms with E-state index in [4.69, 9.17) is 19.3 Å². The van der Waals surface area contributed by atoms with Gasteiger partial charge in [-0.1, -0.05) is 0 Å². The molecule has 94 valence electrons. The normalized spacial score (nSPS) is 24.8. The molecular weight excluding hydrogens is 212 g/mol. The molecule has 0 radical (unpaired) electrons. The minimum absolute atomic E-state index is 0.309. The molecule has 1 unspecified atom stereocenters. The molecule has 0 amide bonds. The Kier molecular flexibility index (Phi) is 5.73. The Morgan fingerprint density at radius 3 is 2.81 bits per heavy atom. The molecule has 1 saturated heterocycles. The number of carboxylic acid groups (broad SMARTS) is 1. The van der Waals surface area contributed by atoms with Crippen LogP contribution in [-0.4, -0.2) is 51.2 Å². The summed E-state index contributed by atoms with van der Waals surface area (Å²) in [5, 5.41) is 9.15. The Morgan fingerprint density at radius 1 is 1.44 bits per heavy atom. The molecule has 5 nitrogen and oxygen atoms in total. The van der Waals surface area contributed by atoms with Gasteiger partial charge in [0, 0.05) is 33.5 Å². The summed E-state index contributed by atoms with van der Waals surface area (Å²) in [6.07, 6.45) is 1.95. The van der Waals surface area contributed by atoms with E-state index in [1.165, 1.54) is 0 Å². The summed E-state index contributed by atoms with van der Waals surface area (Å²) in [5.74, 6) is -0.773. The molecular formula is C11H20O5. The van der Waals surface area contributed by atoms with E-state index in [0.29, 0.717) is 45.9 Å². The Balaban J connectivity index is 2.16. The molecule has 0 bridgehead atoms. The van der Waals surface area contributed by atoms with Crippen molar-refractivity contribution in [3.05, 3.63) is 0 Å². The summed E-state index contributed by atoms with van der Waals surface area (Å²) in [6, 6.07) is 0. The molecule has 1 aliphatic rings. The highest BCUT2D eigenvalue weighted by molar-refractivity contribution is 5.75. The van der Waals surface area contributed by atoms with Crippen LogP contribution in [0.3, 0.4) is 0 Å². The van der Waals surface area contributed by atoms with Gasteiger partial charge in [-0.15, -0.1) is 0 Å². The summed E-state index contributed by atoms with van der Waals surface area (Å²) in [7, 11) is 1.65. The van der Waals surface area contributed by atoms with Gasteiger partial charge in [0.15, 0.2) is 0 Å². The van der Waals surface area contributed by atoms with Gasteiger partial charge in [0.05, 0.1) is 12.0 Å². The highest BCUT2D eigenvalue weighted by Gasteiger charge is 2.41. The molecule has 0 aliphatic carbocycles. The van der Waals surface area contributed by atoms with E-state index in [0.717, 1.165) is 6.42 Å². The molecule has 16 heavy (non-hydrogen) atoms. The van der Waals surface area contributed by atoms with Crippen molar-refractivity contribution in [2.75, 3.05) is 40.1 Å². The van der Waals surface area contributed by atoms with Crippen molar-refractivity contribution in [1.29, 1.82) is 0 Å². The van der Waals surface area contributed by atoms with Crippen LogP contribution in [0.2, 0.25) is 0 Å². The topological polar surface area (TPSA) is 65.0 Å². The van der Waals surface area contributed by atoms with Crippen LogP contribution in [0.1, 0.15) is 19.3 Å². The number of carboxylic acids is 1. The zero-order chi connectivity index (χ0) is 11.9. The maximum absolute atomic E-state index is 11.1. The average molecular weight is 232 g/mol. The van der Waals surface area contributed by atoms with E-state index in [1.54, 1.807) is 7.11 Å². The van der Waals surface area contributed by atoms with Gasteiger partial charge in [-0.05, 0) is 19.3 Å². The zero-order valence-electron chi connectivity index (χ0n) is 9.74. The van der Waals surface area contributed by atoms with Crippen molar-refractivity contribution in [3.8, 4) is 0 Å². The van der Waals surface area contributed by atoms with Crippen LogP contribution >= 0.6 is 0 Å². The van der Waals surface area contributed by atoms with Gasteiger partial charge < -0.3 is 19.3 Å². The first-order chi connectivity index (χ1) is 7.71. The number of carbonyl (C=O) groups is 1. The van der Waals surface area contributed by atoms with Crippen molar-refractivity contribution < 1.29 is 24.1 Å². The van der Waals surface area contributed by atoms with Crippen LogP contribution in [0.25, 0.3) is 0 Å². The molecule has 1 heterocycles. The predicted molar refractivity (Wildman–Crippen MR) is 57.4 cm³/mol. The molecule has 1 fully saturated rings. The Morgan fingerprint density at radius 2 is 2.25 bits per heavy atom. The number of hydrogen-bond donors (Lipinski definition) is 1. The highest BCUT2D eigenvalue weighted by Crippen LogP contribution is 2.32. The maximum Gasteiger partial charge on any atom is 0.312 e. The van der Waals surface area contributed by atoms with Crippen molar-refractivity contribution in [2.45, 2.75) is 19.3 Å². The highest BCUT2D eigenvalue weighted by atomic mass is 16.5. The van der Waals surface area contributed by atoms with Gasteiger partial charge in [0.25, 0.3) is 0 Å². The fourth-order valence-electron chi connectivity index (χ4n) is 1.75. The van der Waals surface area contributed by atoms with Gasteiger partial charge in [-0.2, -0.15) is 0 Å². The second-order valence-corrected chi connectivity index (χ2v) is 4.10. The molecule has 1 aliphatic heterocycles. The van der Waals surface area contributed by atoms with E-state index in [1.807, 2.05) is 0 Å².